The molecule has 1 aliphatic heterocycles. The van der Waals surface area contributed by atoms with Crippen molar-refractivity contribution >= 4 is 5.91 Å². The summed E-state index contributed by atoms with van der Waals surface area (Å²) in [5, 5.41) is 17.8. The van der Waals surface area contributed by atoms with Crippen LogP contribution >= 0.6 is 0 Å². The molecule has 2 aromatic heterocycles. The molecule has 3 heterocycles. The van der Waals surface area contributed by atoms with Crippen molar-refractivity contribution in [1.82, 2.24) is 19.8 Å². The molecule has 1 fully saturated rings. The molecule has 7 nitrogen and oxygen atoms in total. The molecule has 1 saturated carbocycles. The summed E-state index contributed by atoms with van der Waals surface area (Å²) in [6.45, 7) is 2.50. The number of hydrogen-bond donors (Lipinski definition) is 1. The van der Waals surface area contributed by atoms with Crippen LogP contribution in [0.5, 0.6) is 0 Å². The lowest BCUT2D eigenvalue weighted by Gasteiger charge is -2.32. The molecule has 1 unspecified atom stereocenters. The van der Waals surface area contributed by atoms with E-state index in [1.807, 2.05) is 0 Å². The molecule has 0 radical (unpaired) electrons. The summed E-state index contributed by atoms with van der Waals surface area (Å²) in [5.41, 5.74) is -2.13. The number of aromatic nitrogens is 3. The highest BCUT2D eigenvalue weighted by atomic mass is 19.4. The molecule has 1 N–H and O–H groups in total. The van der Waals surface area contributed by atoms with E-state index in [9.17, 15) is 23.1 Å². The monoisotopic (exact) mass is 398 g/mol. The Labute approximate surface area is 159 Å². The predicted molar refractivity (Wildman–Crippen MR) is 90.5 cm³/mol. The predicted octanol–water partition coefficient (Wildman–Crippen LogP) is 2.81. The Kier molecular flexibility index (Phi) is 4.11. The second kappa shape index (κ2) is 6.07. The largest absolute Gasteiger partial charge is 0.422 e. The van der Waals surface area contributed by atoms with Crippen molar-refractivity contribution in [3.8, 4) is 0 Å². The van der Waals surface area contributed by atoms with Gasteiger partial charge in [-0.05, 0) is 25.8 Å². The summed E-state index contributed by atoms with van der Waals surface area (Å²) in [5.74, 6) is -0.188. The van der Waals surface area contributed by atoms with E-state index in [-0.39, 0.29) is 30.3 Å². The summed E-state index contributed by atoms with van der Waals surface area (Å²) in [4.78, 5) is 14.4. The number of nitrogens with zero attached hydrogens (tertiary/aromatic N) is 4. The summed E-state index contributed by atoms with van der Waals surface area (Å²) in [6.07, 6.45) is -2.73. The van der Waals surface area contributed by atoms with Gasteiger partial charge < -0.3 is 14.5 Å². The number of aryl methyl sites for hydroxylation is 1. The van der Waals surface area contributed by atoms with Crippen molar-refractivity contribution in [3.05, 3.63) is 34.5 Å². The van der Waals surface area contributed by atoms with Crippen LogP contribution in [0, 0.1) is 0 Å². The van der Waals surface area contributed by atoms with Crippen LogP contribution in [0.4, 0.5) is 13.2 Å². The molecule has 152 valence electrons. The molecule has 2 atom stereocenters. The molecular formula is C18H21F3N4O3. The smallest absolute Gasteiger partial charge is 0.375 e. The van der Waals surface area contributed by atoms with Crippen LogP contribution in [0.1, 0.15) is 71.7 Å². The first kappa shape index (κ1) is 19.0. The lowest BCUT2D eigenvalue weighted by molar-refractivity contribution is -0.261. The van der Waals surface area contributed by atoms with E-state index in [1.54, 1.807) is 24.7 Å². The van der Waals surface area contributed by atoms with Gasteiger partial charge in [0, 0.05) is 36.7 Å². The van der Waals surface area contributed by atoms with Crippen molar-refractivity contribution < 1.29 is 27.6 Å². The molecule has 10 heteroatoms. The van der Waals surface area contributed by atoms with Crippen molar-refractivity contribution in [3.63, 3.8) is 0 Å². The van der Waals surface area contributed by atoms with Gasteiger partial charge in [-0.2, -0.15) is 18.3 Å². The molecule has 28 heavy (non-hydrogen) atoms. The average molecular weight is 398 g/mol. The third kappa shape index (κ3) is 2.90. The van der Waals surface area contributed by atoms with Crippen molar-refractivity contribution in [1.29, 1.82) is 0 Å². The molecule has 4 rings (SSSR count). The second-order valence-corrected chi connectivity index (χ2v) is 7.88. The SMILES string of the molecule is C[C@H]1CN(C(=O)c2cc(C3CC3)n(C)n2)Cc2onc(C(C)(O)C(F)(F)F)c21. The Balaban J connectivity index is 1.61. The van der Waals surface area contributed by atoms with E-state index >= 15 is 0 Å². The molecule has 0 aromatic carbocycles. The number of alkyl halides is 3. The molecule has 0 bridgehead atoms. The van der Waals surface area contributed by atoms with Crippen LogP contribution in [0.2, 0.25) is 0 Å². The summed E-state index contributed by atoms with van der Waals surface area (Å²) < 4.78 is 46.5. The molecule has 2 aliphatic rings. The zero-order chi connectivity index (χ0) is 20.4. The van der Waals surface area contributed by atoms with Gasteiger partial charge in [-0.25, -0.2) is 0 Å². The van der Waals surface area contributed by atoms with E-state index in [2.05, 4.69) is 10.3 Å². The highest BCUT2D eigenvalue weighted by Crippen LogP contribution is 2.44. The van der Waals surface area contributed by atoms with Gasteiger partial charge in [0.2, 0.25) is 5.60 Å². The maximum absolute atomic E-state index is 13.2. The number of halogens is 3. The first-order valence-corrected chi connectivity index (χ1v) is 9.12. The zero-order valence-corrected chi connectivity index (χ0v) is 15.7. The van der Waals surface area contributed by atoms with Crippen molar-refractivity contribution in [2.45, 2.75) is 56.8 Å². The van der Waals surface area contributed by atoms with E-state index in [1.165, 1.54) is 4.90 Å². The third-order valence-corrected chi connectivity index (χ3v) is 5.56. The molecule has 0 spiro atoms. The highest BCUT2D eigenvalue weighted by molar-refractivity contribution is 5.92. The van der Waals surface area contributed by atoms with Gasteiger partial charge in [0.05, 0.1) is 6.54 Å². The molecular weight excluding hydrogens is 377 g/mol. The van der Waals surface area contributed by atoms with Gasteiger partial charge in [0.1, 0.15) is 5.69 Å². The maximum Gasteiger partial charge on any atom is 0.422 e. The fourth-order valence-corrected chi connectivity index (χ4v) is 3.76. The number of rotatable bonds is 3. The number of aliphatic hydroxyl groups is 1. The summed E-state index contributed by atoms with van der Waals surface area (Å²) >= 11 is 0. The highest BCUT2D eigenvalue weighted by Gasteiger charge is 2.55. The molecule has 0 saturated heterocycles. The van der Waals surface area contributed by atoms with Crippen LogP contribution in [0.25, 0.3) is 0 Å². The van der Waals surface area contributed by atoms with E-state index in [0.717, 1.165) is 18.5 Å². The molecule has 1 aliphatic carbocycles. The van der Waals surface area contributed by atoms with Crippen LogP contribution in [0.15, 0.2) is 10.6 Å². The van der Waals surface area contributed by atoms with Gasteiger partial charge in [0.25, 0.3) is 5.91 Å². The quantitative estimate of drug-likeness (QED) is 0.860. The average Bonchev–Trinajstić information content (AvgIpc) is 3.21. The minimum atomic E-state index is -4.89. The number of amides is 1. The lowest BCUT2D eigenvalue weighted by atomic mass is 9.87. The van der Waals surface area contributed by atoms with Crippen LogP contribution in [-0.4, -0.2) is 43.6 Å². The van der Waals surface area contributed by atoms with Crippen molar-refractivity contribution in [2.24, 2.45) is 7.05 Å². The topological polar surface area (TPSA) is 84.4 Å². The summed E-state index contributed by atoms with van der Waals surface area (Å²) in [6, 6.07) is 1.78. The Morgan fingerprint density at radius 3 is 2.64 bits per heavy atom. The van der Waals surface area contributed by atoms with Crippen LogP contribution in [-0.2, 0) is 19.2 Å². The van der Waals surface area contributed by atoms with Gasteiger partial charge >= 0.3 is 6.18 Å². The lowest BCUT2D eigenvalue weighted by Crippen LogP contribution is -2.42. The zero-order valence-electron chi connectivity index (χ0n) is 15.7. The number of carbonyl (C=O) groups excluding carboxylic acids is 1. The molecule has 2 aromatic rings. The normalized spacial score (nSPS) is 22.1. The molecule has 1 amide bonds. The van der Waals surface area contributed by atoms with Crippen molar-refractivity contribution in [2.75, 3.05) is 6.54 Å². The number of hydrogen-bond acceptors (Lipinski definition) is 5. The standard InChI is InChI=1S/C18H21F3N4O3/c1-9-7-25(16(26)11-6-12(10-4-5-10)24(3)22-11)8-13-14(9)15(23-28-13)17(2,27)18(19,20)21/h6,9-10,27H,4-5,7-8H2,1-3H3/t9-,17?/m0/s1. The van der Waals surface area contributed by atoms with E-state index in [0.29, 0.717) is 18.5 Å². The number of carbonyl (C=O) groups is 1. The van der Waals surface area contributed by atoms with Gasteiger partial charge in [-0.15, -0.1) is 0 Å². The first-order chi connectivity index (χ1) is 13.0. The summed E-state index contributed by atoms with van der Waals surface area (Å²) in [7, 11) is 1.79. The maximum atomic E-state index is 13.2. The van der Waals surface area contributed by atoms with Gasteiger partial charge in [-0.3, -0.25) is 9.48 Å². The Morgan fingerprint density at radius 1 is 1.36 bits per heavy atom. The second-order valence-electron chi connectivity index (χ2n) is 7.88. The van der Waals surface area contributed by atoms with Crippen LogP contribution < -0.4 is 0 Å². The van der Waals surface area contributed by atoms with E-state index in [4.69, 9.17) is 4.52 Å². The Morgan fingerprint density at radius 2 is 2.04 bits per heavy atom. The fourth-order valence-electron chi connectivity index (χ4n) is 3.76. The fraction of sp³-hybridized carbons (Fsp3) is 0.611. The first-order valence-electron chi connectivity index (χ1n) is 9.12. The van der Waals surface area contributed by atoms with Gasteiger partial charge in [0.15, 0.2) is 11.5 Å². The minimum Gasteiger partial charge on any atom is -0.375 e. The van der Waals surface area contributed by atoms with Crippen LogP contribution in [0.3, 0.4) is 0 Å². The van der Waals surface area contributed by atoms with Gasteiger partial charge in [-0.1, -0.05) is 12.1 Å². The number of fused-ring (bicyclic) bond motifs is 1. The Bertz CT molecular complexity index is 927. The van der Waals surface area contributed by atoms with E-state index < -0.39 is 23.4 Å². The minimum absolute atomic E-state index is 0.0191. The Hall–Kier alpha value is -2.36. The third-order valence-electron chi connectivity index (χ3n) is 5.56.